The molecule has 1 N–H and O–H groups in total. The quantitative estimate of drug-likeness (QED) is 0.195. The van der Waals surface area contributed by atoms with Gasteiger partial charge in [0.2, 0.25) is 17.5 Å². The molecule has 1 atom stereocenters. The molecule has 0 spiro atoms. The zero-order valence-corrected chi connectivity index (χ0v) is 23.7. The van der Waals surface area contributed by atoms with Crippen molar-refractivity contribution in [3.8, 4) is 23.3 Å². The van der Waals surface area contributed by atoms with E-state index in [-0.39, 0.29) is 11.7 Å². The lowest BCUT2D eigenvalue weighted by atomic mass is 9.98. The van der Waals surface area contributed by atoms with Gasteiger partial charge >= 0.3 is 0 Å². The van der Waals surface area contributed by atoms with Gasteiger partial charge in [-0.3, -0.25) is 4.90 Å². The summed E-state index contributed by atoms with van der Waals surface area (Å²) in [5, 5.41) is 13.8. The first kappa shape index (κ1) is 28.2. The highest BCUT2D eigenvalue weighted by molar-refractivity contribution is 6.30. The number of benzene rings is 3. The molecule has 1 aromatic heterocycles. The van der Waals surface area contributed by atoms with Crippen molar-refractivity contribution in [1.29, 1.82) is 5.26 Å². The van der Waals surface area contributed by atoms with Gasteiger partial charge in [0.05, 0.1) is 6.04 Å². The van der Waals surface area contributed by atoms with Crippen molar-refractivity contribution >= 4 is 17.5 Å². The van der Waals surface area contributed by atoms with E-state index in [9.17, 15) is 5.26 Å². The maximum atomic E-state index is 9.73. The van der Waals surface area contributed by atoms with Crippen molar-refractivity contribution < 1.29 is 9.15 Å². The van der Waals surface area contributed by atoms with E-state index < -0.39 is 0 Å². The summed E-state index contributed by atoms with van der Waals surface area (Å²) >= 11 is 5.95. The van der Waals surface area contributed by atoms with Gasteiger partial charge in [0.25, 0.3) is 0 Å². The first-order chi connectivity index (χ1) is 18.9. The Labute approximate surface area is 236 Å². The molecular formula is C32H35ClN4O2. The highest BCUT2D eigenvalue weighted by Crippen LogP contribution is 2.29. The number of halogens is 1. The predicted octanol–water partition coefficient (Wildman–Crippen LogP) is 8.06. The summed E-state index contributed by atoms with van der Waals surface area (Å²) in [6.07, 6.45) is 0. The Morgan fingerprint density at radius 3 is 2.18 bits per heavy atom. The van der Waals surface area contributed by atoms with Gasteiger partial charge in [-0.2, -0.15) is 10.2 Å². The Morgan fingerprint density at radius 1 is 0.949 bits per heavy atom. The number of rotatable bonds is 12. The Hall–Kier alpha value is -3.79. The lowest BCUT2D eigenvalue weighted by Crippen LogP contribution is -2.33. The van der Waals surface area contributed by atoms with E-state index in [0.29, 0.717) is 35.9 Å². The third kappa shape index (κ3) is 7.20. The Balaban J connectivity index is 1.46. The normalized spacial score (nSPS) is 11.9. The number of nitriles is 1. The van der Waals surface area contributed by atoms with Crippen LogP contribution >= 0.6 is 11.6 Å². The molecule has 0 radical (unpaired) electrons. The summed E-state index contributed by atoms with van der Waals surface area (Å²) in [7, 11) is 0. The number of ether oxygens (including phenoxy) is 1. The molecule has 6 nitrogen and oxygen atoms in total. The number of anilines is 1. The molecule has 0 aliphatic carbocycles. The number of likely N-dealkylation sites (N-methyl/N-ethyl adjacent to an activating group) is 1. The molecule has 0 amide bonds. The first-order valence-electron chi connectivity index (χ1n) is 13.4. The van der Waals surface area contributed by atoms with Gasteiger partial charge in [-0.25, -0.2) is 0 Å². The molecule has 3 aromatic carbocycles. The molecule has 1 heterocycles. The fraction of sp³-hybridized carbons (Fsp3) is 0.312. The average Bonchev–Trinajstić information content (AvgIpc) is 3.38. The van der Waals surface area contributed by atoms with Crippen LogP contribution in [0.25, 0.3) is 11.5 Å². The van der Waals surface area contributed by atoms with Crippen molar-refractivity contribution in [2.45, 2.75) is 46.3 Å². The van der Waals surface area contributed by atoms with Crippen molar-refractivity contribution in [3.63, 3.8) is 0 Å². The third-order valence-corrected chi connectivity index (χ3v) is 7.10. The summed E-state index contributed by atoms with van der Waals surface area (Å²) in [5.74, 6) is 1.98. The SMILES string of the molecule is CCN(CC)C(CNc1oc(-c2ccc(OCc3ccc(Cl)cc3)cc2)nc1C#N)c1ccc(C(C)C)cc1. The van der Waals surface area contributed by atoms with Crippen molar-refractivity contribution in [2.24, 2.45) is 0 Å². The molecule has 0 aliphatic rings. The van der Waals surface area contributed by atoms with E-state index >= 15 is 0 Å². The molecule has 39 heavy (non-hydrogen) atoms. The molecule has 4 rings (SSSR count). The Morgan fingerprint density at radius 2 is 1.59 bits per heavy atom. The second-order valence-electron chi connectivity index (χ2n) is 9.69. The van der Waals surface area contributed by atoms with E-state index in [4.69, 9.17) is 20.8 Å². The van der Waals surface area contributed by atoms with Crippen LogP contribution < -0.4 is 10.1 Å². The van der Waals surface area contributed by atoms with Crippen LogP contribution in [-0.2, 0) is 6.61 Å². The van der Waals surface area contributed by atoms with E-state index in [1.54, 1.807) is 0 Å². The summed E-state index contributed by atoms with van der Waals surface area (Å²) in [6, 6.07) is 26.1. The second kappa shape index (κ2) is 13.3. The maximum Gasteiger partial charge on any atom is 0.232 e. The Kier molecular flexibility index (Phi) is 9.64. The van der Waals surface area contributed by atoms with E-state index in [0.717, 1.165) is 30.0 Å². The van der Waals surface area contributed by atoms with Gasteiger partial charge in [-0.1, -0.05) is 75.7 Å². The minimum Gasteiger partial charge on any atom is -0.489 e. The van der Waals surface area contributed by atoms with Crippen LogP contribution in [0.15, 0.2) is 77.2 Å². The number of nitrogens with one attached hydrogen (secondary N) is 1. The molecule has 0 fully saturated rings. The van der Waals surface area contributed by atoms with Gasteiger partial charge in [0, 0.05) is 17.1 Å². The van der Waals surface area contributed by atoms with E-state index in [1.807, 2.05) is 48.5 Å². The van der Waals surface area contributed by atoms with Crippen LogP contribution in [0.5, 0.6) is 5.75 Å². The number of hydrogen-bond donors (Lipinski definition) is 1. The molecule has 0 aliphatic heterocycles. The lowest BCUT2D eigenvalue weighted by molar-refractivity contribution is 0.227. The molecule has 0 saturated heterocycles. The van der Waals surface area contributed by atoms with Gasteiger partial charge in [0.1, 0.15) is 18.4 Å². The highest BCUT2D eigenvalue weighted by Gasteiger charge is 2.21. The molecule has 7 heteroatoms. The highest BCUT2D eigenvalue weighted by atomic mass is 35.5. The summed E-state index contributed by atoms with van der Waals surface area (Å²) in [6.45, 7) is 11.6. The van der Waals surface area contributed by atoms with Gasteiger partial charge in [0.15, 0.2) is 0 Å². The maximum absolute atomic E-state index is 9.73. The summed E-state index contributed by atoms with van der Waals surface area (Å²) in [4.78, 5) is 6.83. The van der Waals surface area contributed by atoms with Crippen LogP contribution in [-0.4, -0.2) is 29.5 Å². The first-order valence-corrected chi connectivity index (χ1v) is 13.8. The van der Waals surface area contributed by atoms with E-state index in [2.05, 4.69) is 73.2 Å². The van der Waals surface area contributed by atoms with Crippen LogP contribution in [0.4, 0.5) is 5.88 Å². The van der Waals surface area contributed by atoms with Crippen molar-refractivity contribution in [2.75, 3.05) is 25.0 Å². The third-order valence-electron chi connectivity index (χ3n) is 6.85. The zero-order chi connectivity index (χ0) is 27.8. The monoisotopic (exact) mass is 542 g/mol. The second-order valence-corrected chi connectivity index (χ2v) is 10.1. The number of hydrogen-bond acceptors (Lipinski definition) is 6. The van der Waals surface area contributed by atoms with Crippen LogP contribution in [0, 0.1) is 11.3 Å². The van der Waals surface area contributed by atoms with E-state index in [1.165, 1.54) is 11.1 Å². The van der Waals surface area contributed by atoms with Crippen molar-refractivity contribution in [3.05, 3.63) is 100 Å². The fourth-order valence-electron chi connectivity index (χ4n) is 4.49. The molecule has 0 saturated carbocycles. The minimum atomic E-state index is 0.123. The van der Waals surface area contributed by atoms with Gasteiger partial charge in [-0.05, 0) is 72.1 Å². The summed E-state index contributed by atoms with van der Waals surface area (Å²) in [5.41, 5.74) is 4.58. The largest absolute Gasteiger partial charge is 0.489 e. The number of nitrogens with zero attached hydrogens (tertiary/aromatic N) is 3. The van der Waals surface area contributed by atoms with Crippen LogP contribution in [0.1, 0.15) is 62.0 Å². The molecule has 0 bridgehead atoms. The smallest absolute Gasteiger partial charge is 0.232 e. The molecular weight excluding hydrogens is 508 g/mol. The van der Waals surface area contributed by atoms with Crippen LogP contribution in [0.2, 0.25) is 5.02 Å². The molecule has 202 valence electrons. The Bertz CT molecular complexity index is 1370. The fourth-order valence-corrected chi connectivity index (χ4v) is 4.62. The lowest BCUT2D eigenvalue weighted by Gasteiger charge is -2.30. The van der Waals surface area contributed by atoms with Gasteiger partial charge < -0.3 is 14.5 Å². The number of oxazole rings is 1. The predicted molar refractivity (Wildman–Crippen MR) is 157 cm³/mol. The van der Waals surface area contributed by atoms with Crippen LogP contribution in [0.3, 0.4) is 0 Å². The summed E-state index contributed by atoms with van der Waals surface area (Å²) < 4.78 is 11.9. The topological polar surface area (TPSA) is 74.3 Å². The minimum absolute atomic E-state index is 0.123. The van der Waals surface area contributed by atoms with Crippen molar-refractivity contribution in [1.82, 2.24) is 9.88 Å². The van der Waals surface area contributed by atoms with Gasteiger partial charge in [-0.15, -0.1) is 0 Å². The zero-order valence-electron chi connectivity index (χ0n) is 22.9. The standard InChI is InChI=1S/C32H35ClN4O2/c1-5-37(6-2)30(25-11-9-24(10-12-25)22(3)4)20-35-32-29(19-34)36-31(39-32)26-13-17-28(18-14-26)38-21-23-7-15-27(33)16-8-23/h7-18,22,30,35H,5-6,20-21H2,1-4H3. The molecule has 4 aromatic rings. The average molecular weight is 543 g/mol. The number of aromatic nitrogens is 1. The molecule has 1 unspecified atom stereocenters.